The van der Waals surface area contributed by atoms with Crippen molar-refractivity contribution in [1.82, 2.24) is 19.6 Å². The van der Waals surface area contributed by atoms with Gasteiger partial charge in [0.25, 0.3) is 5.91 Å². The number of halogens is 3. The number of imidazole rings is 1. The number of nitrogens with one attached hydrogen (secondary N) is 1. The van der Waals surface area contributed by atoms with Gasteiger partial charge in [-0.15, -0.1) is 24.8 Å². The molecule has 5 rings (SSSR count). The molecule has 0 unspecified atom stereocenters. The zero-order valence-corrected chi connectivity index (χ0v) is 21.6. The lowest BCUT2D eigenvalue weighted by atomic mass is 9.96. The Kier molecular flexibility index (Phi) is 9.86. The predicted molar refractivity (Wildman–Crippen MR) is 142 cm³/mol. The zero-order chi connectivity index (χ0) is 22.6. The van der Waals surface area contributed by atoms with Gasteiger partial charge in [0.05, 0.1) is 28.4 Å². The van der Waals surface area contributed by atoms with Crippen LogP contribution in [0.1, 0.15) is 25.0 Å². The van der Waals surface area contributed by atoms with Crippen molar-refractivity contribution >= 4 is 54.2 Å². The summed E-state index contributed by atoms with van der Waals surface area (Å²) in [6, 6.07) is 12.1. The fourth-order valence-electron chi connectivity index (χ4n) is 4.35. The van der Waals surface area contributed by atoms with Crippen molar-refractivity contribution < 1.29 is 13.9 Å². The van der Waals surface area contributed by atoms with Crippen molar-refractivity contribution in [2.24, 2.45) is 5.92 Å². The van der Waals surface area contributed by atoms with Crippen LogP contribution in [0.3, 0.4) is 0 Å². The second-order valence-electron chi connectivity index (χ2n) is 8.50. The largest absolute Gasteiger partial charge is 0.494 e. The summed E-state index contributed by atoms with van der Waals surface area (Å²) in [6.07, 6.45) is 6.83. The normalized spacial score (nSPS) is 15.6. The third kappa shape index (κ3) is 6.70. The number of nitrogens with zero attached hydrogens (tertiary/aromatic N) is 3. The SMILES string of the molecule is Cl.Cl.O=C(NCC1CCN(CCCOc2ccc(F)cc2)CC1)C1=Cc2cnc3cccc(n23)S1. The van der Waals surface area contributed by atoms with Crippen LogP contribution in [0.5, 0.6) is 5.75 Å². The first-order valence-corrected chi connectivity index (χ1v) is 12.2. The van der Waals surface area contributed by atoms with E-state index in [0.717, 1.165) is 55.3 Å². The van der Waals surface area contributed by atoms with Crippen LogP contribution in [0, 0.1) is 11.7 Å². The van der Waals surface area contributed by atoms with E-state index in [1.54, 1.807) is 12.1 Å². The summed E-state index contributed by atoms with van der Waals surface area (Å²) in [5.74, 6) is 0.951. The Morgan fingerprint density at radius 3 is 2.69 bits per heavy atom. The average Bonchev–Trinajstić information content (AvgIpc) is 3.26. The number of thioether (sulfide) groups is 1. The minimum atomic E-state index is -0.249. The molecule has 0 radical (unpaired) electrons. The first kappa shape index (κ1) is 27.3. The van der Waals surface area contributed by atoms with Crippen LogP contribution < -0.4 is 10.1 Å². The first-order valence-electron chi connectivity index (χ1n) is 11.4. The number of likely N-dealkylation sites (tertiary alicyclic amines) is 1. The third-order valence-electron chi connectivity index (χ3n) is 6.20. The number of ether oxygens (including phenoxy) is 1. The van der Waals surface area contributed by atoms with Crippen LogP contribution >= 0.6 is 36.6 Å². The highest BCUT2D eigenvalue weighted by Gasteiger charge is 2.23. The molecule has 4 heterocycles. The quantitative estimate of drug-likeness (QED) is 0.406. The molecule has 3 aromatic rings. The van der Waals surface area contributed by atoms with Crippen molar-refractivity contribution in [2.45, 2.75) is 24.3 Å². The fraction of sp³-hybridized carbons (Fsp3) is 0.360. The highest BCUT2D eigenvalue weighted by atomic mass is 35.5. The highest BCUT2D eigenvalue weighted by Crippen LogP contribution is 2.34. The lowest BCUT2D eigenvalue weighted by Gasteiger charge is -2.32. The van der Waals surface area contributed by atoms with E-state index in [0.29, 0.717) is 29.7 Å². The summed E-state index contributed by atoms with van der Waals surface area (Å²) < 4.78 is 20.7. The summed E-state index contributed by atoms with van der Waals surface area (Å²) in [4.78, 5) is 20.4. The Labute approximate surface area is 221 Å². The number of pyridine rings is 1. The van der Waals surface area contributed by atoms with Gasteiger partial charge in [-0.25, -0.2) is 9.37 Å². The third-order valence-corrected chi connectivity index (χ3v) is 7.25. The Balaban J connectivity index is 0.00000171. The standard InChI is InChI=1S/C25H27FN4O2S.2ClH/c26-19-5-7-21(8-6-19)32-14-2-11-29-12-9-18(10-13-29)16-28-25(31)22-15-20-17-27-23-3-1-4-24(33-22)30(20)23;;/h1,3-8,15,17-18H,2,9-14,16H2,(H,28,31);2*1H. The Bertz CT molecular complexity index is 1160. The topological polar surface area (TPSA) is 58.9 Å². The molecule has 1 N–H and O–H groups in total. The smallest absolute Gasteiger partial charge is 0.258 e. The van der Waals surface area contributed by atoms with Crippen LogP contribution in [0.2, 0.25) is 0 Å². The van der Waals surface area contributed by atoms with Crippen molar-refractivity contribution in [1.29, 1.82) is 0 Å². The van der Waals surface area contributed by atoms with Gasteiger partial charge in [0.1, 0.15) is 17.2 Å². The van der Waals surface area contributed by atoms with Crippen LogP contribution in [0.25, 0.3) is 11.7 Å². The van der Waals surface area contributed by atoms with E-state index in [4.69, 9.17) is 4.74 Å². The van der Waals surface area contributed by atoms with Crippen LogP contribution in [0.15, 0.2) is 58.6 Å². The number of aromatic nitrogens is 2. The Morgan fingerprint density at radius 2 is 1.91 bits per heavy atom. The number of carbonyl (C=O) groups excluding carboxylic acids is 1. The molecule has 2 aliphatic heterocycles. The molecule has 188 valence electrons. The van der Waals surface area contributed by atoms with Crippen LogP contribution in [-0.2, 0) is 4.79 Å². The van der Waals surface area contributed by atoms with Crippen molar-refractivity contribution in [3.05, 3.63) is 65.1 Å². The van der Waals surface area contributed by atoms with Gasteiger partial charge in [0, 0.05) is 13.1 Å². The zero-order valence-electron chi connectivity index (χ0n) is 19.2. The molecular formula is C25H29Cl2FN4O2S. The molecule has 1 amide bonds. The van der Waals surface area contributed by atoms with E-state index < -0.39 is 0 Å². The molecule has 0 atom stereocenters. The molecule has 0 bridgehead atoms. The van der Waals surface area contributed by atoms with E-state index in [-0.39, 0.29) is 36.5 Å². The highest BCUT2D eigenvalue weighted by molar-refractivity contribution is 8.04. The van der Waals surface area contributed by atoms with E-state index in [1.165, 1.54) is 23.9 Å². The van der Waals surface area contributed by atoms with Gasteiger partial charge in [0.15, 0.2) is 0 Å². The molecule has 10 heteroatoms. The molecule has 2 aromatic heterocycles. The van der Waals surface area contributed by atoms with Crippen LogP contribution in [-0.4, -0.2) is 53.0 Å². The molecule has 2 aliphatic rings. The molecule has 0 spiro atoms. The summed E-state index contributed by atoms with van der Waals surface area (Å²) >= 11 is 1.49. The molecule has 1 aromatic carbocycles. The van der Waals surface area contributed by atoms with Gasteiger partial charge in [-0.1, -0.05) is 17.8 Å². The van der Waals surface area contributed by atoms with Crippen molar-refractivity contribution in [3.63, 3.8) is 0 Å². The molecule has 0 aliphatic carbocycles. The maximum absolute atomic E-state index is 12.9. The maximum atomic E-state index is 12.9. The number of amides is 1. The lowest BCUT2D eigenvalue weighted by Crippen LogP contribution is -2.39. The number of hydrogen-bond donors (Lipinski definition) is 1. The molecule has 6 nitrogen and oxygen atoms in total. The van der Waals surface area contributed by atoms with E-state index in [2.05, 4.69) is 19.6 Å². The molecule has 1 fully saturated rings. The summed E-state index contributed by atoms with van der Waals surface area (Å²) in [6.45, 7) is 4.40. The summed E-state index contributed by atoms with van der Waals surface area (Å²) in [5.41, 5.74) is 1.85. The van der Waals surface area contributed by atoms with Gasteiger partial charge in [-0.05, 0) is 80.7 Å². The predicted octanol–water partition coefficient (Wildman–Crippen LogP) is 5.06. The van der Waals surface area contributed by atoms with E-state index >= 15 is 0 Å². The van der Waals surface area contributed by atoms with E-state index in [9.17, 15) is 9.18 Å². The van der Waals surface area contributed by atoms with E-state index in [1.807, 2.05) is 30.5 Å². The number of rotatable bonds is 8. The number of carbonyl (C=O) groups is 1. The summed E-state index contributed by atoms with van der Waals surface area (Å²) in [7, 11) is 0. The fourth-order valence-corrected chi connectivity index (χ4v) is 5.35. The van der Waals surface area contributed by atoms with Gasteiger partial charge >= 0.3 is 0 Å². The van der Waals surface area contributed by atoms with Crippen molar-refractivity contribution in [3.8, 4) is 5.75 Å². The van der Waals surface area contributed by atoms with Gasteiger partial charge in [-0.2, -0.15) is 0 Å². The van der Waals surface area contributed by atoms with Crippen LogP contribution in [0.4, 0.5) is 4.39 Å². The number of hydrogen-bond acceptors (Lipinski definition) is 5. The second-order valence-corrected chi connectivity index (χ2v) is 9.56. The lowest BCUT2D eigenvalue weighted by molar-refractivity contribution is -0.117. The number of benzene rings is 1. The maximum Gasteiger partial charge on any atom is 0.258 e. The Hall–Kier alpha value is -2.26. The monoisotopic (exact) mass is 538 g/mol. The first-order chi connectivity index (χ1) is 16.2. The van der Waals surface area contributed by atoms with Gasteiger partial charge in [0.2, 0.25) is 0 Å². The average molecular weight is 540 g/mol. The molecule has 0 saturated carbocycles. The van der Waals surface area contributed by atoms with Crippen molar-refractivity contribution in [2.75, 3.05) is 32.8 Å². The Morgan fingerprint density at radius 1 is 1.14 bits per heavy atom. The molecule has 1 saturated heterocycles. The number of piperidine rings is 1. The molecular weight excluding hydrogens is 510 g/mol. The molecule has 35 heavy (non-hydrogen) atoms. The van der Waals surface area contributed by atoms with Gasteiger partial charge < -0.3 is 15.0 Å². The minimum Gasteiger partial charge on any atom is -0.494 e. The second kappa shape index (κ2) is 12.6. The minimum absolute atomic E-state index is 0. The van der Waals surface area contributed by atoms with Gasteiger partial charge in [-0.3, -0.25) is 9.20 Å². The summed E-state index contributed by atoms with van der Waals surface area (Å²) in [5, 5.41) is 4.16.